The van der Waals surface area contributed by atoms with Crippen molar-refractivity contribution in [1.29, 1.82) is 0 Å². The van der Waals surface area contributed by atoms with Gasteiger partial charge in [-0.25, -0.2) is 0 Å². The highest BCUT2D eigenvalue weighted by Crippen LogP contribution is 2.21. The number of hydrogen-bond donors (Lipinski definition) is 2. The van der Waals surface area contributed by atoms with E-state index in [1.165, 1.54) is 38.8 Å². The van der Waals surface area contributed by atoms with Gasteiger partial charge < -0.3 is 11.1 Å². The molecule has 1 saturated carbocycles. The molecule has 0 radical (unpaired) electrons. The Bertz CT molecular complexity index is 154. The first-order valence-corrected chi connectivity index (χ1v) is 5.56. The minimum Gasteiger partial charge on any atom is -0.328 e. The van der Waals surface area contributed by atoms with Crippen molar-refractivity contribution >= 4 is 0 Å². The third kappa shape index (κ3) is 2.42. The van der Waals surface area contributed by atoms with Gasteiger partial charge in [0, 0.05) is 38.3 Å². The molecule has 2 fully saturated rings. The van der Waals surface area contributed by atoms with Gasteiger partial charge in [0.2, 0.25) is 0 Å². The first-order chi connectivity index (χ1) is 6.36. The van der Waals surface area contributed by atoms with Crippen molar-refractivity contribution < 1.29 is 0 Å². The second kappa shape index (κ2) is 4.40. The van der Waals surface area contributed by atoms with E-state index in [1.54, 1.807) is 0 Å². The largest absolute Gasteiger partial charge is 0.328 e. The van der Waals surface area contributed by atoms with Gasteiger partial charge in [-0.1, -0.05) is 6.42 Å². The molecule has 0 aromatic rings. The van der Waals surface area contributed by atoms with Crippen LogP contribution in [0.3, 0.4) is 0 Å². The standard InChI is InChI=1S/C10H21N3/c11-9-2-1-3-10(8-9)13-6-4-12-5-7-13/h9-10,12H,1-8,11H2/t9-,10-/m1/s1. The molecule has 3 heteroatoms. The molecular weight excluding hydrogens is 162 g/mol. The molecule has 1 saturated heterocycles. The average Bonchev–Trinajstić information content (AvgIpc) is 2.19. The number of hydrogen-bond acceptors (Lipinski definition) is 3. The molecule has 1 heterocycles. The lowest BCUT2D eigenvalue weighted by Gasteiger charge is -2.38. The summed E-state index contributed by atoms with van der Waals surface area (Å²) >= 11 is 0. The molecule has 0 spiro atoms. The van der Waals surface area contributed by atoms with Crippen molar-refractivity contribution in [2.75, 3.05) is 26.2 Å². The monoisotopic (exact) mass is 183 g/mol. The first-order valence-electron chi connectivity index (χ1n) is 5.56. The lowest BCUT2D eigenvalue weighted by atomic mass is 9.90. The minimum atomic E-state index is 0.466. The zero-order valence-electron chi connectivity index (χ0n) is 8.34. The van der Waals surface area contributed by atoms with Crippen LogP contribution in [-0.4, -0.2) is 43.2 Å². The zero-order valence-corrected chi connectivity index (χ0v) is 8.34. The van der Waals surface area contributed by atoms with Gasteiger partial charge in [-0.2, -0.15) is 0 Å². The molecule has 0 amide bonds. The Kier molecular flexibility index (Phi) is 3.19. The molecule has 2 atom stereocenters. The Labute approximate surface area is 80.7 Å². The first kappa shape index (κ1) is 9.44. The number of nitrogens with zero attached hydrogens (tertiary/aromatic N) is 1. The molecular formula is C10H21N3. The van der Waals surface area contributed by atoms with Crippen LogP contribution in [0.4, 0.5) is 0 Å². The van der Waals surface area contributed by atoms with E-state index in [2.05, 4.69) is 10.2 Å². The molecule has 0 aromatic heterocycles. The van der Waals surface area contributed by atoms with Gasteiger partial charge in [-0.05, 0) is 19.3 Å². The smallest absolute Gasteiger partial charge is 0.0111 e. The summed E-state index contributed by atoms with van der Waals surface area (Å²) < 4.78 is 0. The number of rotatable bonds is 1. The lowest BCUT2D eigenvalue weighted by Crippen LogP contribution is -2.51. The summed E-state index contributed by atoms with van der Waals surface area (Å²) in [5, 5.41) is 3.39. The molecule has 3 N–H and O–H groups in total. The predicted molar refractivity (Wildman–Crippen MR) is 54.7 cm³/mol. The van der Waals surface area contributed by atoms with Gasteiger partial charge >= 0.3 is 0 Å². The third-order valence-corrected chi connectivity index (χ3v) is 3.36. The van der Waals surface area contributed by atoms with E-state index in [0.717, 1.165) is 19.1 Å². The molecule has 2 rings (SSSR count). The predicted octanol–water partition coefficient (Wildman–Crippen LogP) is 0.162. The fourth-order valence-corrected chi connectivity index (χ4v) is 2.58. The number of nitrogens with two attached hydrogens (primary N) is 1. The maximum atomic E-state index is 5.99. The van der Waals surface area contributed by atoms with Gasteiger partial charge in [-0.15, -0.1) is 0 Å². The minimum absolute atomic E-state index is 0.466. The van der Waals surface area contributed by atoms with Crippen LogP contribution in [0.25, 0.3) is 0 Å². The van der Waals surface area contributed by atoms with E-state index in [-0.39, 0.29) is 0 Å². The van der Waals surface area contributed by atoms with Crippen LogP contribution in [0.2, 0.25) is 0 Å². The van der Waals surface area contributed by atoms with Crippen LogP contribution >= 0.6 is 0 Å². The normalized spacial score (nSPS) is 37.6. The molecule has 13 heavy (non-hydrogen) atoms. The number of nitrogens with one attached hydrogen (secondary N) is 1. The van der Waals surface area contributed by atoms with Crippen LogP contribution in [0.15, 0.2) is 0 Å². The highest BCUT2D eigenvalue weighted by molar-refractivity contribution is 4.84. The summed E-state index contributed by atoms with van der Waals surface area (Å²) in [7, 11) is 0. The summed E-state index contributed by atoms with van der Waals surface area (Å²) in [5.41, 5.74) is 5.99. The Morgan fingerprint density at radius 1 is 1.15 bits per heavy atom. The SMILES string of the molecule is N[C@@H]1CCC[C@@H](N2CCNCC2)C1. The number of piperazine rings is 1. The Balaban J connectivity index is 1.83. The lowest BCUT2D eigenvalue weighted by molar-refractivity contribution is 0.131. The van der Waals surface area contributed by atoms with Crippen LogP contribution in [0.1, 0.15) is 25.7 Å². The zero-order chi connectivity index (χ0) is 9.10. The fraction of sp³-hybridized carbons (Fsp3) is 1.00. The van der Waals surface area contributed by atoms with Crippen molar-refractivity contribution in [3.63, 3.8) is 0 Å². The van der Waals surface area contributed by atoms with E-state index in [4.69, 9.17) is 5.73 Å². The van der Waals surface area contributed by atoms with E-state index < -0.39 is 0 Å². The average molecular weight is 183 g/mol. The fourth-order valence-electron chi connectivity index (χ4n) is 2.58. The van der Waals surface area contributed by atoms with Gasteiger partial charge in [-0.3, -0.25) is 4.90 Å². The second-order valence-electron chi connectivity index (χ2n) is 4.37. The quantitative estimate of drug-likeness (QED) is 0.608. The highest BCUT2D eigenvalue weighted by Gasteiger charge is 2.25. The Morgan fingerprint density at radius 3 is 2.62 bits per heavy atom. The summed E-state index contributed by atoms with van der Waals surface area (Å²) in [6, 6.07) is 1.25. The van der Waals surface area contributed by atoms with Crippen molar-refractivity contribution in [3.05, 3.63) is 0 Å². The summed E-state index contributed by atoms with van der Waals surface area (Å²) in [5.74, 6) is 0. The Hall–Kier alpha value is -0.120. The highest BCUT2D eigenvalue weighted by atomic mass is 15.2. The van der Waals surface area contributed by atoms with Crippen molar-refractivity contribution in [2.24, 2.45) is 5.73 Å². The van der Waals surface area contributed by atoms with E-state index in [0.29, 0.717) is 6.04 Å². The van der Waals surface area contributed by atoms with E-state index >= 15 is 0 Å². The molecule has 1 aliphatic carbocycles. The third-order valence-electron chi connectivity index (χ3n) is 3.36. The molecule has 76 valence electrons. The van der Waals surface area contributed by atoms with Gasteiger partial charge in [0.05, 0.1) is 0 Å². The van der Waals surface area contributed by atoms with Crippen LogP contribution in [0.5, 0.6) is 0 Å². The van der Waals surface area contributed by atoms with Gasteiger partial charge in [0.25, 0.3) is 0 Å². The van der Waals surface area contributed by atoms with Gasteiger partial charge in [0.1, 0.15) is 0 Å². The molecule has 1 aliphatic heterocycles. The summed E-state index contributed by atoms with van der Waals surface area (Å²) in [6.07, 6.45) is 5.16. The maximum Gasteiger partial charge on any atom is 0.0111 e. The summed E-state index contributed by atoms with van der Waals surface area (Å²) in [6.45, 7) is 4.76. The van der Waals surface area contributed by atoms with Crippen LogP contribution in [-0.2, 0) is 0 Å². The molecule has 0 unspecified atom stereocenters. The van der Waals surface area contributed by atoms with Gasteiger partial charge in [0.15, 0.2) is 0 Å². The second-order valence-corrected chi connectivity index (χ2v) is 4.37. The van der Waals surface area contributed by atoms with Crippen LogP contribution in [0, 0.1) is 0 Å². The molecule has 0 bridgehead atoms. The molecule has 2 aliphatic rings. The maximum absolute atomic E-state index is 5.99. The van der Waals surface area contributed by atoms with Crippen LogP contribution < -0.4 is 11.1 Å². The van der Waals surface area contributed by atoms with E-state index in [9.17, 15) is 0 Å². The van der Waals surface area contributed by atoms with Crippen molar-refractivity contribution in [3.8, 4) is 0 Å². The molecule has 3 nitrogen and oxygen atoms in total. The van der Waals surface area contributed by atoms with E-state index in [1.807, 2.05) is 0 Å². The summed E-state index contributed by atoms with van der Waals surface area (Å²) in [4.78, 5) is 2.62. The molecule has 0 aromatic carbocycles. The van der Waals surface area contributed by atoms with Crippen molar-refractivity contribution in [1.82, 2.24) is 10.2 Å². The van der Waals surface area contributed by atoms with Crippen molar-refractivity contribution in [2.45, 2.75) is 37.8 Å². The Morgan fingerprint density at radius 2 is 1.92 bits per heavy atom. The topological polar surface area (TPSA) is 41.3 Å².